The Morgan fingerprint density at radius 2 is 1.10 bits per heavy atom. The number of halogens is 4. The highest BCUT2D eigenvalue weighted by Gasteiger charge is 2.45. The molecule has 0 heterocycles. The Hall–Kier alpha value is -6.16. The number of carboxylic acid groups (broad SMARTS) is 1. The highest BCUT2D eigenvalue weighted by Crippen LogP contribution is 2.25. The molecule has 0 bridgehead atoms. The fourth-order valence-corrected chi connectivity index (χ4v) is 4.00. The van der Waals surface area contributed by atoms with Crippen LogP contribution in [0.3, 0.4) is 0 Å². The van der Waals surface area contributed by atoms with Gasteiger partial charge in [-0.1, -0.05) is 138 Å². The Morgan fingerprint density at radius 1 is 0.717 bits per heavy atom. The van der Waals surface area contributed by atoms with Gasteiger partial charge in [0.15, 0.2) is 0 Å². The van der Waals surface area contributed by atoms with Gasteiger partial charge in [-0.3, -0.25) is 0 Å². The van der Waals surface area contributed by atoms with Crippen molar-refractivity contribution in [2.45, 2.75) is 84.3 Å². The molecule has 0 fully saturated rings. The first-order chi connectivity index (χ1) is 28.1. The minimum Gasteiger partial charge on any atom is -0.479 e. The number of nitrogens with zero attached hydrogens (tertiary/aromatic N) is 9. The van der Waals surface area contributed by atoms with E-state index in [0.29, 0.717) is 12.2 Å². The van der Waals surface area contributed by atoms with Crippen LogP contribution in [0.1, 0.15) is 44.9 Å². The predicted octanol–water partition coefficient (Wildman–Crippen LogP) is 11.3. The maximum Gasteiger partial charge on any atom is 0.339 e. The van der Waals surface area contributed by atoms with Crippen LogP contribution in [0.15, 0.2) is 143 Å². The Morgan fingerprint density at radius 3 is 1.45 bits per heavy atom. The molecule has 0 aliphatic rings. The SMILES string of the molecule is C.C=C[C@@H](OCc1ccccc1)C(F)(F)CN=[N+]=[N-].C=C[C@@H](OCc1ccccc1)[C@@H](O)CN=[N+]=[N-].CC=C(C)C.[N-]=[N+]=NCC(F)(F)[C@H](OCc1ccccc1)C(=O)O. The summed E-state index contributed by atoms with van der Waals surface area (Å²) in [6, 6.07) is 26.9. The maximum atomic E-state index is 13.5. The number of hydrogen-bond acceptors (Lipinski definition) is 8. The Kier molecular flexibility index (Phi) is 30.5. The second-order valence-electron chi connectivity index (χ2n) is 12.1. The van der Waals surface area contributed by atoms with Crippen LogP contribution in [0.25, 0.3) is 31.3 Å². The topological polar surface area (TPSA) is 232 Å². The maximum absolute atomic E-state index is 13.5. The van der Waals surface area contributed by atoms with Crippen molar-refractivity contribution in [3.05, 3.63) is 176 Å². The Balaban J connectivity index is 0. The molecule has 4 atom stereocenters. The summed E-state index contributed by atoms with van der Waals surface area (Å²) >= 11 is 0. The van der Waals surface area contributed by atoms with Crippen LogP contribution >= 0.6 is 0 Å². The van der Waals surface area contributed by atoms with E-state index >= 15 is 0 Å². The van der Waals surface area contributed by atoms with Crippen molar-refractivity contribution in [1.29, 1.82) is 0 Å². The predicted molar refractivity (Wildman–Crippen MR) is 223 cm³/mol. The summed E-state index contributed by atoms with van der Waals surface area (Å²) in [7, 11) is 0. The van der Waals surface area contributed by atoms with Crippen LogP contribution in [-0.2, 0) is 38.8 Å². The molecule has 60 heavy (non-hydrogen) atoms. The number of benzene rings is 3. The number of aliphatic hydroxyl groups excluding tert-OH is 1. The van der Waals surface area contributed by atoms with Crippen LogP contribution < -0.4 is 0 Å². The summed E-state index contributed by atoms with van der Waals surface area (Å²) in [6.07, 6.45) is -0.662. The first kappa shape index (κ1) is 55.9. The van der Waals surface area contributed by atoms with E-state index in [1.54, 1.807) is 54.6 Å². The van der Waals surface area contributed by atoms with E-state index in [0.717, 1.165) is 17.2 Å². The molecular weight excluding hydrogens is 790 g/mol. The Bertz CT molecular complexity index is 1820. The lowest BCUT2D eigenvalue weighted by atomic mass is 10.2. The highest BCUT2D eigenvalue weighted by atomic mass is 19.3. The normalized spacial score (nSPS) is 12.1. The molecule has 0 saturated heterocycles. The van der Waals surface area contributed by atoms with Gasteiger partial charge in [-0.05, 0) is 54.1 Å². The third-order valence-corrected chi connectivity index (χ3v) is 7.27. The number of allylic oxidation sites excluding steroid dienone is 2. The molecule has 3 rings (SSSR count). The van der Waals surface area contributed by atoms with Gasteiger partial charge in [-0.25, -0.2) is 22.4 Å². The lowest BCUT2D eigenvalue weighted by Crippen LogP contribution is -2.44. The van der Waals surface area contributed by atoms with Crippen LogP contribution in [0.5, 0.6) is 0 Å². The number of rotatable bonds is 21. The quantitative estimate of drug-likeness (QED) is 0.0348. The molecule has 0 aliphatic carbocycles. The van der Waals surface area contributed by atoms with Crippen molar-refractivity contribution < 1.29 is 46.8 Å². The molecule has 0 saturated carbocycles. The van der Waals surface area contributed by atoms with Gasteiger partial charge in [0.05, 0.1) is 45.6 Å². The third-order valence-electron chi connectivity index (χ3n) is 7.27. The van der Waals surface area contributed by atoms with E-state index in [1.165, 1.54) is 11.6 Å². The number of alkyl halides is 4. The van der Waals surface area contributed by atoms with Gasteiger partial charge < -0.3 is 24.4 Å². The summed E-state index contributed by atoms with van der Waals surface area (Å²) in [4.78, 5) is 17.9. The number of aliphatic hydroxyl groups is 1. The standard InChI is InChI=1S/C12H13F2N3O.C12H15N3O2.C11H11F2N3O3.C5H10.CH4/c1-2-11(12(13,14)9-16-17-15)18-8-10-6-4-3-5-7-10;1-2-12(11(16)8-14-15-13)17-9-10-6-4-3-5-7-10;12-11(13,7-15-16-14)9(10(17)18)19-6-8-4-2-1-3-5-8;1-4-5(2)3;/h2-7,11H,1,8-9H2;2-7,11-12,16H,1,8-9H2;1-5,9H,6-7H2,(H,17,18);4H,1-3H3;1H4/t11-;11-,12+;9-;;/m101../s1. The summed E-state index contributed by atoms with van der Waals surface area (Å²) < 4.78 is 69.2. The van der Waals surface area contributed by atoms with Gasteiger partial charge in [0.2, 0.25) is 6.10 Å². The molecule has 2 N–H and O–H groups in total. The zero-order valence-electron chi connectivity index (χ0n) is 32.9. The molecule has 0 radical (unpaired) electrons. The molecule has 19 heteroatoms. The van der Waals surface area contributed by atoms with Gasteiger partial charge >= 0.3 is 5.97 Å². The zero-order chi connectivity index (χ0) is 44.5. The minimum atomic E-state index is -3.77. The van der Waals surface area contributed by atoms with Crippen molar-refractivity contribution in [3.8, 4) is 0 Å². The third kappa shape index (κ3) is 25.3. The van der Waals surface area contributed by atoms with Crippen LogP contribution in [0.2, 0.25) is 0 Å². The van der Waals surface area contributed by atoms with E-state index in [1.807, 2.05) is 43.3 Å². The molecule has 0 aromatic heterocycles. The molecular formula is C41H53F4N9O6. The Labute approximate surface area is 347 Å². The highest BCUT2D eigenvalue weighted by molar-refractivity contribution is 5.73. The number of ether oxygens (including phenoxy) is 3. The van der Waals surface area contributed by atoms with Crippen LogP contribution in [0.4, 0.5) is 17.6 Å². The van der Waals surface area contributed by atoms with Crippen molar-refractivity contribution in [2.24, 2.45) is 15.3 Å². The number of azide groups is 3. The van der Waals surface area contributed by atoms with Gasteiger partial charge in [0.1, 0.15) is 12.2 Å². The average Bonchev–Trinajstić information content (AvgIpc) is 3.23. The second kappa shape index (κ2) is 32.8. The first-order valence-electron chi connectivity index (χ1n) is 17.6. The summed E-state index contributed by atoms with van der Waals surface area (Å²) in [5.41, 5.74) is 27.9. The van der Waals surface area contributed by atoms with Crippen molar-refractivity contribution >= 4 is 5.97 Å². The first-order valence-corrected chi connectivity index (χ1v) is 17.6. The van der Waals surface area contributed by atoms with Crippen LogP contribution in [0, 0.1) is 0 Å². The number of carboxylic acids is 1. The minimum absolute atomic E-state index is 0. The largest absolute Gasteiger partial charge is 0.479 e. The van der Waals surface area contributed by atoms with Crippen molar-refractivity contribution in [2.75, 3.05) is 19.6 Å². The van der Waals surface area contributed by atoms with E-state index in [2.05, 4.69) is 63.2 Å². The molecule has 3 aromatic carbocycles. The van der Waals surface area contributed by atoms with E-state index in [9.17, 15) is 27.5 Å². The molecule has 3 aromatic rings. The number of hydrogen-bond donors (Lipinski definition) is 2. The fourth-order valence-electron chi connectivity index (χ4n) is 4.00. The van der Waals surface area contributed by atoms with Gasteiger partial charge in [0, 0.05) is 14.7 Å². The molecule has 0 spiro atoms. The molecule has 0 aliphatic heterocycles. The average molecular weight is 844 g/mol. The van der Waals surface area contributed by atoms with Crippen molar-refractivity contribution in [1.82, 2.24) is 0 Å². The van der Waals surface area contributed by atoms with Gasteiger partial charge in [0.25, 0.3) is 11.8 Å². The summed E-state index contributed by atoms with van der Waals surface area (Å²) in [5, 5.41) is 27.3. The molecule has 0 unspecified atom stereocenters. The lowest BCUT2D eigenvalue weighted by Gasteiger charge is -2.22. The van der Waals surface area contributed by atoms with E-state index < -0.39 is 55.3 Å². The monoisotopic (exact) mass is 843 g/mol. The van der Waals surface area contributed by atoms with E-state index in [4.69, 9.17) is 35.9 Å². The smallest absolute Gasteiger partial charge is 0.339 e. The summed E-state index contributed by atoms with van der Waals surface area (Å²) in [6.45, 7) is 11.0. The lowest BCUT2D eigenvalue weighted by molar-refractivity contribution is -0.180. The van der Waals surface area contributed by atoms with Crippen LogP contribution in [-0.4, -0.2) is 72.1 Å². The number of carbonyl (C=O) groups is 1. The van der Waals surface area contributed by atoms with Crippen molar-refractivity contribution in [3.63, 3.8) is 0 Å². The number of aliphatic carboxylic acids is 1. The zero-order valence-corrected chi connectivity index (χ0v) is 32.9. The molecule has 0 amide bonds. The fraction of sp³-hybridized carbons (Fsp3) is 0.390. The summed E-state index contributed by atoms with van der Waals surface area (Å²) in [5.74, 6) is -8.84. The van der Waals surface area contributed by atoms with E-state index in [-0.39, 0.29) is 27.2 Å². The van der Waals surface area contributed by atoms with Gasteiger partial charge in [-0.2, -0.15) is 0 Å². The molecule has 15 nitrogen and oxygen atoms in total. The molecule has 326 valence electrons. The van der Waals surface area contributed by atoms with Gasteiger partial charge in [-0.15, -0.1) is 13.2 Å². The second-order valence-corrected chi connectivity index (χ2v) is 12.1.